The molecule has 0 aromatic carbocycles. The number of anilines is 1. The van der Waals surface area contributed by atoms with Gasteiger partial charge in [-0.2, -0.15) is 5.10 Å². The Morgan fingerprint density at radius 3 is 2.72 bits per heavy atom. The second kappa shape index (κ2) is 4.80. The number of aryl methyl sites for hydroxylation is 2. The third-order valence-corrected chi connectivity index (χ3v) is 3.05. The molecule has 0 atom stereocenters. The van der Waals surface area contributed by atoms with E-state index < -0.39 is 0 Å². The van der Waals surface area contributed by atoms with E-state index in [9.17, 15) is 4.79 Å². The largest absolute Gasteiger partial charge is 0.356 e. The van der Waals surface area contributed by atoms with Crippen molar-refractivity contribution in [1.82, 2.24) is 19.3 Å². The molecule has 0 saturated heterocycles. The fourth-order valence-corrected chi connectivity index (χ4v) is 1.99. The molecule has 2 aromatic heterocycles. The normalized spacial score (nSPS) is 11.1. The maximum atomic E-state index is 12.2. The fourth-order valence-electron chi connectivity index (χ4n) is 1.99. The summed E-state index contributed by atoms with van der Waals surface area (Å²) in [5.74, 6) is 0.608. The van der Waals surface area contributed by atoms with Crippen LogP contribution in [0.2, 0.25) is 0 Å². The zero-order chi connectivity index (χ0) is 13.3. The predicted octanol–water partition coefficient (Wildman–Crippen LogP) is 1.19. The van der Waals surface area contributed by atoms with Gasteiger partial charge in [-0.15, -0.1) is 0 Å². The number of fused-ring (bicyclic) bond motifs is 1. The van der Waals surface area contributed by atoms with E-state index in [0.717, 1.165) is 25.1 Å². The van der Waals surface area contributed by atoms with Gasteiger partial charge in [0.2, 0.25) is 5.95 Å². The smallest absolute Gasteiger partial charge is 0.280 e. The molecule has 0 aliphatic carbocycles. The number of aromatic nitrogens is 4. The first-order valence-corrected chi connectivity index (χ1v) is 6.20. The number of rotatable bonds is 4. The van der Waals surface area contributed by atoms with E-state index in [2.05, 4.69) is 22.3 Å². The summed E-state index contributed by atoms with van der Waals surface area (Å²) in [6.07, 6.45) is 2.16. The molecular weight excluding hydrogens is 230 g/mol. The van der Waals surface area contributed by atoms with Gasteiger partial charge in [0.1, 0.15) is 5.52 Å². The highest BCUT2D eigenvalue weighted by atomic mass is 16.1. The standard InChI is InChI=1S/C12H19N5O/c1-5-6-7-13-12-14-9-8(2)15-17(4)10(9)11(18)16(12)3/h5-7H2,1-4H3,(H,13,14). The topological polar surface area (TPSA) is 64.7 Å². The minimum absolute atomic E-state index is 0.0675. The van der Waals surface area contributed by atoms with E-state index in [1.54, 1.807) is 23.3 Å². The summed E-state index contributed by atoms with van der Waals surface area (Å²) in [6.45, 7) is 4.81. The Labute approximate surface area is 106 Å². The van der Waals surface area contributed by atoms with Crippen molar-refractivity contribution in [3.8, 4) is 0 Å². The second-order valence-electron chi connectivity index (χ2n) is 4.49. The van der Waals surface area contributed by atoms with Crippen molar-refractivity contribution < 1.29 is 0 Å². The van der Waals surface area contributed by atoms with Crippen LogP contribution in [0.1, 0.15) is 25.5 Å². The molecule has 2 heterocycles. The maximum absolute atomic E-state index is 12.2. The Balaban J connectivity index is 2.53. The van der Waals surface area contributed by atoms with E-state index in [-0.39, 0.29) is 5.56 Å². The van der Waals surface area contributed by atoms with Crippen molar-refractivity contribution in [1.29, 1.82) is 0 Å². The summed E-state index contributed by atoms with van der Waals surface area (Å²) in [4.78, 5) is 16.7. The average molecular weight is 249 g/mol. The summed E-state index contributed by atoms with van der Waals surface area (Å²) in [5, 5.41) is 7.44. The van der Waals surface area contributed by atoms with Gasteiger partial charge in [0.15, 0.2) is 5.52 Å². The quantitative estimate of drug-likeness (QED) is 0.827. The highest BCUT2D eigenvalue weighted by Gasteiger charge is 2.14. The molecule has 0 saturated carbocycles. The molecule has 0 fully saturated rings. The summed E-state index contributed by atoms with van der Waals surface area (Å²) >= 11 is 0. The van der Waals surface area contributed by atoms with Gasteiger partial charge in [-0.1, -0.05) is 13.3 Å². The van der Waals surface area contributed by atoms with Crippen LogP contribution in [0, 0.1) is 6.92 Å². The van der Waals surface area contributed by atoms with Crippen LogP contribution in [0.5, 0.6) is 0 Å². The molecule has 0 radical (unpaired) electrons. The lowest BCUT2D eigenvalue weighted by Gasteiger charge is -2.09. The van der Waals surface area contributed by atoms with E-state index >= 15 is 0 Å². The molecule has 0 bridgehead atoms. The summed E-state index contributed by atoms with van der Waals surface area (Å²) in [5.41, 5.74) is 1.95. The third kappa shape index (κ3) is 1.98. The first kappa shape index (κ1) is 12.6. The molecule has 1 N–H and O–H groups in total. The van der Waals surface area contributed by atoms with Gasteiger partial charge in [-0.25, -0.2) is 4.98 Å². The van der Waals surface area contributed by atoms with Crippen LogP contribution in [0.15, 0.2) is 4.79 Å². The molecular formula is C12H19N5O. The first-order chi connectivity index (χ1) is 8.56. The van der Waals surface area contributed by atoms with Crippen molar-refractivity contribution in [2.75, 3.05) is 11.9 Å². The van der Waals surface area contributed by atoms with Gasteiger partial charge in [0.25, 0.3) is 5.56 Å². The maximum Gasteiger partial charge on any atom is 0.280 e. The zero-order valence-corrected chi connectivity index (χ0v) is 11.3. The van der Waals surface area contributed by atoms with Gasteiger partial charge >= 0.3 is 0 Å². The van der Waals surface area contributed by atoms with E-state index in [4.69, 9.17) is 0 Å². The molecule has 0 spiro atoms. The highest BCUT2D eigenvalue weighted by molar-refractivity contribution is 5.77. The Kier molecular flexibility index (Phi) is 3.36. The molecule has 2 aromatic rings. The molecule has 0 aliphatic heterocycles. The van der Waals surface area contributed by atoms with Crippen molar-refractivity contribution in [3.63, 3.8) is 0 Å². The number of hydrogen-bond acceptors (Lipinski definition) is 4. The molecule has 6 nitrogen and oxygen atoms in total. The monoisotopic (exact) mass is 249 g/mol. The lowest BCUT2D eigenvalue weighted by Crippen LogP contribution is -2.24. The molecule has 0 unspecified atom stereocenters. The van der Waals surface area contributed by atoms with E-state index in [1.165, 1.54) is 0 Å². The van der Waals surface area contributed by atoms with Gasteiger partial charge in [-0.3, -0.25) is 14.0 Å². The van der Waals surface area contributed by atoms with Crippen LogP contribution in [0.3, 0.4) is 0 Å². The minimum atomic E-state index is -0.0675. The van der Waals surface area contributed by atoms with Gasteiger partial charge < -0.3 is 5.32 Å². The lowest BCUT2D eigenvalue weighted by atomic mass is 10.3. The zero-order valence-electron chi connectivity index (χ0n) is 11.3. The summed E-state index contributed by atoms with van der Waals surface area (Å²) < 4.78 is 3.13. The molecule has 6 heteroatoms. The summed E-state index contributed by atoms with van der Waals surface area (Å²) in [7, 11) is 3.49. The van der Waals surface area contributed by atoms with Crippen LogP contribution in [0.4, 0.5) is 5.95 Å². The Morgan fingerprint density at radius 2 is 2.06 bits per heavy atom. The van der Waals surface area contributed by atoms with Crippen molar-refractivity contribution >= 4 is 17.0 Å². The Hall–Kier alpha value is -1.85. The number of nitrogens with zero attached hydrogens (tertiary/aromatic N) is 4. The van der Waals surface area contributed by atoms with Crippen molar-refractivity contribution in [2.24, 2.45) is 14.1 Å². The number of hydrogen-bond donors (Lipinski definition) is 1. The lowest BCUT2D eigenvalue weighted by molar-refractivity contribution is 0.761. The number of unbranched alkanes of at least 4 members (excludes halogenated alkanes) is 1. The Morgan fingerprint density at radius 1 is 1.33 bits per heavy atom. The summed E-state index contributed by atoms with van der Waals surface area (Å²) in [6, 6.07) is 0. The van der Waals surface area contributed by atoms with Crippen LogP contribution in [-0.4, -0.2) is 25.9 Å². The SMILES string of the molecule is CCCCNc1nc2c(C)nn(C)c2c(=O)n1C. The van der Waals surface area contributed by atoms with Crippen molar-refractivity contribution in [2.45, 2.75) is 26.7 Å². The van der Waals surface area contributed by atoms with Gasteiger partial charge in [-0.05, 0) is 13.3 Å². The van der Waals surface area contributed by atoms with Crippen LogP contribution in [0.25, 0.3) is 11.0 Å². The average Bonchev–Trinajstić information content (AvgIpc) is 2.61. The minimum Gasteiger partial charge on any atom is -0.356 e. The molecule has 0 aliphatic rings. The van der Waals surface area contributed by atoms with Crippen LogP contribution in [-0.2, 0) is 14.1 Å². The van der Waals surface area contributed by atoms with E-state index in [1.807, 2.05) is 6.92 Å². The van der Waals surface area contributed by atoms with Crippen molar-refractivity contribution in [3.05, 3.63) is 16.0 Å². The first-order valence-electron chi connectivity index (χ1n) is 6.20. The molecule has 98 valence electrons. The van der Waals surface area contributed by atoms with E-state index in [0.29, 0.717) is 17.0 Å². The third-order valence-electron chi connectivity index (χ3n) is 3.05. The Bertz CT molecular complexity index is 625. The molecule has 2 rings (SSSR count). The molecule has 0 amide bonds. The number of nitrogens with one attached hydrogen (secondary N) is 1. The second-order valence-corrected chi connectivity index (χ2v) is 4.49. The van der Waals surface area contributed by atoms with Gasteiger partial charge in [0.05, 0.1) is 5.69 Å². The predicted molar refractivity (Wildman–Crippen MR) is 71.9 cm³/mol. The highest BCUT2D eigenvalue weighted by Crippen LogP contribution is 2.13. The van der Waals surface area contributed by atoms with Crippen LogP contribution >= 0.6 is 0 Å². The van der Waals surface area contributed by atoms with Crippen LogP contribution < -0.4 is 10.9 Å². The fraction of sp³-hybridized carbons (Fsp3) is 0.583. The molecule has 18 heavy (non-hydrogen) atoms. The van der Waals surface area contributed by atoms with Gasteiger partial charge in [0, 0.05) is 20.6 Å².